The second-order valence-corrected chi connectivity index (χ2v) is 7.45. The van der Waals surface area contributed by atoms with Gasteiger partial charge in [-0.25, -0.2) is 12.7 Å². The van der Waals surface area contributed by atoms with Crippen LogP contribution in [0.25, 0.3) is 0 Å². The van der Waals surface area contributed by atoms with Crippen LogP contribution in [0.1, 0.15) is 34.1 Å². The molecule has 0 aliphatic heterocycles. The maximum atomic E-state index is 11.5. The fourth-order valence-electron chi connectivity index (χ4n) is 1.56. The van der Waals surface area contributed by atoms with Crippen LogP contribution < -0.4 is 5.32 Å². The number of amides is 1. The summed E-state index contributed by atoms with van der Waals surface area (Å²) in [6.07, 6.45) is 1.67. The summed E-state index contributed by atoms with van der Waals surface area (Å²) in [4.78, 5) is 11.4. The fraction of sp³-hybridized carbons (Fsp3) is 0.917. The molecule has 5 nitrogen and oxygen atoms in total. The van der Waals surface area contributed by atoms with E-state index >= 15 is 0 Å². The molecule has 0 radical (unpaired) electrons. The van der Waals surface area contributed by atoms with Gasteiger partial charge in [0.25, 0.3) is 0 Å². The Hall–Kier alpha value is -0.620. The van der Waals surface area contributed by atoms with Crippen molar-refractivity contribution in [2.45, 2.75) is 34.1 Å². The number of sulfonamides is 1. The molecular formula is C12H26N2O3S. The van der Waals surface area contributed by atoms with Crippen LogP contribution in [0.2, 0.25) is 0 Å². The fourth-order valence-corrected chi connectivity index (χ4v) is 2.55. The summed E-state index contributed by atoms with van der Waals surface area (Å²) < 4.78 is 24.5. The van der Waals surface area contributed by atoms with Crippen molar-refractivity contribution in [3.63, 3.8) is 0 Å². The van der Waals surface area contributed by atoms with E-state index in [0.717, 1.165) is 0 Å². The number of nitrogens with one attached hydrogen (secondary N) is 1. The van der Waals surface area contributed by atoms with E-state index in [9.17, 15) is 13.2 Å². The van der Waals surface area contributed by atoms with E-state index in [2.05, 4.69) is 5.32 Å². The Morgan fingerprint density at radius 1 is 1.17 bits per heavy atom. The second kappa shape index (κ2) is 7.74. The Balaban J connectivity index is 4.17. The zero-order chi connectivity index (χ0) is 14.3. The summed E-state index contributed by atoms with van der Waals surface area (Å²) in [6.45, 7) is 9.07. The summed E-state index contributed by atoms with van der Waals surface area (Å²) >= 11 is 0. The molecule has 0 saturated carbocycles. The van der Waals surface area contributed by atoms with E-state index in [0.29, 0.717) is 32.0 Å². The first kappa shape index (κ1) is 17.4. The van der Waals surface area contributed by atoms with Crippen molar-refractivity contribution < 1.29 is 13.2 Å². The smallest absolute Gasteiger partial charge is 0.220 e. The molecule has 0 aromatic heterocycles. The van der Waals surface area contributed by atoms with Crippen LogP contribution in [-0.4, -0.2) is 44.5 Å². The van der Waals surface area contributed by atoms with Crippen LogP contribution in [-0.2, 0) is 14.8 Å². The van der Waals surface area contributed by atoms with Gasteiger partial charge in [0.1, 0.15) is 0 Å². The Bertz CT molecular complexity index is 350. The highest BCUT2D eigenvalue weighted by molar-refractivity contribution is 7.88. The quantitative estimate of drug-likeness (QED) is 0.722. The van der Waals surface area contributed by atoms with Gasteiger partial charge < -0.3 is 5.32 Å². The van der Waals surface area contributed by atoms with Gasteiger partial charge >= 0.3 is 0 Å². The van der Waals surface area contributed by atoms with Crippen molar-refractivity contribution in [2.75, 3.05) is 25.9 Å². The third-order valence-corrected chi connectivity index (χ3v) is 3.58. The van der Waals surface area contributed by atoms with E-state index in [1.165, 1.54) is 10.6 Å². The minimum Gasteiger partial charge on any atom is -0.355 e. The Morgan fingerprint density at radius 3 is 2.11 bits per heavy atom. The van der Waals surface area contributed by atoms with Crippen LogP contribution in [0.15, 0.2) is 0 Å². The second-order valence-electron chi connectivity index (χ2n) is 5.46. The SMILES string of the molecule is CC(C)CC(=O)NCCN(CC(C)C)S(C)(=O)=O. The normalized spacial score (nSPS) is 12.4. The number of carbonyl (C=O) groups is 1. The molecule has 0 fully saturated rings. The summed E-state index contributed by atoms with van der Waals surface area (Å²) in [5.74, 6) is 0.556. The average molecular weight is 278 g/mol. The summed E-state index contributed by atoms with van der Waals surface area (Å²) in [5, 5.41) is 2.74. The van der Waals surface area contributed by atoms with Crippen molar-refractivity contribution in [3.05, 3.63) is 0 Å². The van der Waals surface area contributed by atoms with E-state index in [4.69, 9.17) is 0 Å². The van der Waals surface area contributed by atoms with Gasteiger partial charge in [0.2, 0.25) is 15.9 Å². The number of carbonyl (C=O) groups excluding carboxylic acids is 1. The molecule has 108 valence electrons. The Kier molecular flexibility index (Phi) is 7.47. The predicted octanol–water partition coefficient (Wildman–Crippen LogP) is 1.07. The van der Waals surface area contributed by atoms with Crippen molar-refractivity contribution in [2.24, 2.45) is 11.8 Å². The maximum absolute atomic E-state index is 11.5. The first-order valence-corrected chi connectivity index (χ1v) is 8.19. The van der Waals surface area contributed by atoms with Gasteiger partial charge in [-0.2, -0.15) is 0 Å². The molecule has 0 atom stereocenters. The topological polar surface area (TPSA) is 66.5 Å². The molecule has 0 spiro atoms. The molecule has 0 heterocycles. The lowest BCUT2D eigenvalue weighted by atomic mass is 10.1. The molecule has 0 aromatic carbocycles. The van der Waals surface area contributed by atoms with E-state index in [1.54, 1.807) is 0 Å². The minimum atomic E-state index is -3.20. The van der Waals surface area contributed by atoms with Crippen LogP contribution in [0.4, 0.5) is 0 Å². The van der Waals surface area contributed by atoms with Crippen molar-refractivity contribution in [1.29, 1.82) is 0 Å². The van der Waals surface area contributed by atoms with Crippen LogP contribution in [0.5, 0.6) is 0 Å². The van der Waals surface area contributed by atoms with Crippen LogP contribution >= 0.6 is 0 Å². The molecule has 6 heteroatoms. The summed E-state index contributed by atoms with van der Waals surface area (Å²) in [6, 6.07) is 0. The van der Waals surface area contributed by atoms with Gasteiger partial charge in [0.05, 0.1) is 6.26 Å². The summed E-state index contributed by atoms with van der Waals surface area (Å²) in [7, 11) is -3.20. The molecule has 1 amide bonds. The monoisotopic (exact) mass is 278 g/mol. The molecule has 0 unspecified atom stereocenters. The number of hydrogen-bond donors (Lipinski definition) is 1. The third-order valence-electron chi connectivity index (χ3n) is 2.31. The number of rotatable bonds is 8. The summed E-state index contributed by atoms with van der Waals surface area (Å²) in [5.41, 5.74) is 0. The molecule has 0 aromatic rings. The van der Waals surface area contributed by atoms with Crippen LogP contribution in [0, 0.1) is 11.8 Å². The van der Waals surface area contributed by atoms with Gasteiger partial charge in [-0.15, -0.1) is 0 Å². The standard InChI is InChI=1S/C12H26N2O3S/c1-10(2)8-12(15)13-6-7-14(9-11(3)4)18(5,16)17/h10-11H,6-9H2,1-5H3,(H,13,15). The number of nitrogens with zero attached hydrogens (tertiary/aromatic N) is 1. The molecule has 18 heavy (non-hydrogen) atoms. The van der Waals surface area contributed by atoms with Gasteiger partial charge in [0.15, 0.2) is 0 Å². The van der Waals surface area contributed by atoms with Crippen LogP contribution in [0.3, 0.4) is 0 Å². The van der Waals surface area contributed by atoms with E-state index in [1.807, 2.05) is 27.7 Å². The van der Waals surface area contributed by atoms with Crippen molar-refractivity contribution >= 4 is 15.9 Å². The highest BCUT2D eigenvalue weighted by Gasteiger charge is 2.17. The lowest BCUT2D eigenvalue weighted by Gasteiger charge is -2.22. The van der Waals surface area contributed by atoms with E-state index < -0.39 is 10.0 Å². The predicted molar refractivity (Wildman–Crippen MR) is 73.7 cm³/mol. The first-order chi connectivity index (χ1) is 8.12. The lowest BCUT2D eigenvalue weighted by molar-refractivity contribution is -0.121. The van der Waals surface area contributed by atoms with Gasteiger partial charge in [-0.1, -0.05) is 27.7 Å². The number of hydrogen-bond acceptors (Lipinski definition) is 3. The molecule has 1 N–H and O–H groups in total. The third kappa shape index (κ3) is 8.47. The zero-order valence-electron chi connectivity index (χ0n) is 12.1. The Morgan fingerprint density at radius 2 is 1.72 bits per heavy atom. The van der Waals surface area contributed by atoms with Crippen molar-refractivity contribution in [3.8, 4) is 0 Å². The molecule has 0 aliphatic carbocycles. The van der Waals surface area contributed by atoms with Crippen molar-refractivity contribution in [1.82, 2.24) is 9.62 Å². The highest BCUT2D eigenvalue weighted by Crippen LogP contribution is 2.03. The molecule has 0 aliphatic rings. The van der Waals surface area contributed by atoms with Gasteiger partial charge in [-0.3, -0.25) is 4.79 Å². The van der Waals surface area contributed by atoms with Gasteiger partial charge in [-0.05, 0) is 11.8 Å². The average Bonchev–Trinajstić information content (AvgIpc) is 2.12. The highest BCUT2D eigenvalue weighted by atomic mass is 32.2. The first-order valence-electron chi connectivity index (χ1n) is 6.34. The maximum Gasteiger partial charge on any atom is 0.220 e. The molecular weight excluding hydrogens is 252 g/mol. The Labute approximate surface area is 111 Å². The molecule has 0 bridgehead atoms. The largest absolute Gasteiger partial charge is 0.355 e. The minimum absolute atomic E-state index is 0.0250. The lowest BCUT2D eigenvalue weighted by Crippen LogP contribution is -2.40. The van der Waals surface area contributed by atoms with E-state index in [-0.39, 0.29) is 11.8 Å². The molecule has 0 saturated heterocycles. The molecule has 0 rings (SSSR count). The zero-order valence-corrected chi connectivity index (χ0v) is 12.9. The van der Waals surface area contributed by atoms with Gasteiger partial charge in [0, 0.05) is 26.1 Å².